The molecule has 0 bridgehead atoms. The topological polar surface area (TPSA) is 68.3 Å². The third-order valence-electron chi connectivity index (χ3n) is 2.16. The fourth-order valence-electron chi connectivity index (χ4n) is 1.52. The van der Waals surface area contributed by atoms with E-state index in [1.165, 1.54) is 6.07 Å². The molecule has 0 fully saturated rings. The van der Waals surface area contributed by atoms with Crippen molar-refractivity contribution in [3.8, 4) is 0 Å². The Morgan fingerprint density at radius 3 is 2.24 bits per heavy atom. The lowest BCUT2D eigenvalue weighted by atomic mass is 9.95. The van der Waals surface area contributed by atoms with Gasteiger partial charge in [-0.25, -0.2) is 8.42 Å². The van der Waals surface area contributed by atoms with Gasteiger partial charge in [0.15, 0.2) is 5.78 Å². The summed E-state index contributed by atoms with van der Waals surface area (Å²) in [6.07, 6.45) is 2.08. The van der Waals surface area contributed by atoms with Gasteiger partial charge in [-0.1, -0.05) is 24.3 Å². The number of ketones is 2. The Hall–Kier alpha value is -1.40. The van der Waals surface area contributed by atoms with Crippen molar-refractivity contribution in [1.82, 2.24) is 0 Å². The first-order chi connectivity index (χ1) is 7.88. The maximum absolute atomic E-state index is 11.9. The first-order valence-electron chi connectivity index (χ1n) is 4.68. The van der Waals surface area contributed by atoms with Crippen LogP contribution in [-0.2, 0) is 8.87 Å². The van der Waals surface area contributed by atoms with E-state index in [4.69, 9.17) is 0 Å². The molecule has 0 N–H and O–H groups in total. The standard InChI is InChI=1S/C11H8O4S2/c1-17(14,15)16-10-6-9(12)7-4-2-3-5-8(7)11(10)13/h2-6H,1H3. The van der Waals surface area contributed by atoms with Gasteiger partial charge in [-0.2, -0.15) is 0 Å². The summed E-state index contributed by atoms with van der Waals surface area (Å²) >= 11 is 0. The van der Waals surface area contributed by atoms with E-state index < -0.39 is 14.7 Å². The number of hydrogen-bond donors (Lipinski definition) is 0. The minimum atomic E-state index is -3.41. The fourth-order valence-corrected chi connectivity index (χ4v) is 3.53. The number of carbonyl (C=O) groups is 2. The zero-order chi connectivity index (χ0) is 12.6. The molecule has 0 heterocycles. The summed E-state index contributed by atoms with van der Waals surface area (Å²) in [4.78, 5) is 23.6. The van der Waals surface area contributed by atoms with Crippen molar-refractivity contribution in [2.45, 2.75) is 0 Å². The van der Waals surface area contributed by atoms with Crippen molar-refractivity contribution < 1.29 is 18.0 Å². The van der Waals surface area contributed by atoms with Crippen LogP contribution >= 0.6 is 10.8 Å². The van der Waals surface area contributed by atoms with Gasteiger partial charge < -0.3 is 0 Å². The predicted octanol–water partition coefficient (Wildman–Crippen LogP) is 1.64. The van der Waals surface area contributed by atoms with E-state index in [0.717, 1.165) is 12.3 Å². The van der Waals surface area contributed by atoms with Gasteiger partial charge >= 0.3 is 0 Å². The molecular weight excluding hydrogens is 260 g/mol. The average molecular weight is 268 g/mol. The van der Waals surface area contributed by atoms with Crippen molar-refractivity contribution in [3.05, 3.63) is 46.4 Å². The molecule has 0 amide bonds. The fraction of sp³-hybridized carbons (Fsp3) is 0.0909. The highest BCUT2D eigenvalue weighted by Crippen LogP contribution is 2.30. The summed E-state index contributed by atoms with van der Waals surface area (Å²) in [5, 5.41) is 0. The minimum absolute atomic E-state index is 0.0452. The number of Topliss-reactive ketones (excluding diaryl/α,β-unsaturated/α-hetero) is 1. The molecule has 0 atom stereocenters. The van der Waals surface area contributed by atoms with Crippen LogP contribution in [0.5, 0.6) is 0 Å². The van der Waals surface area contributed by atoms with Crippen molar-refractivity contribution in [2.24, 2.45) is 0 Å². The molecule has 88 valence electrons. The maximum Gasteiger partial charge on any atom is 0.203 e. The number of allylic oxidation sites excluding steroid dienone is 2. The Labute approximate surface area is 102 Å². The minimum Gasteiger partial charge on any atom is -0.289 e. The largest absolute Gasteiger partial charge is 0.289 e. The van der Waals surface area contributed by atoms with E-state index in [1.807, 2.05) is 0 Å². The third-order valence-corrected chi connectivity index (χ3v) is 4.40. The highest BCUT2D eigenvalue weighted by atomic mass is 33.1. The molecule has 0 radical (unpaired) electrons. The summed E-state index contributed by atoms with van der Waals surface area (Å²) in [5.74, 6) is -0.762. The van der Waals surface area contributed by atoms with E-state index in [9.17, 15) is 18.0 Å². The molecule has 0 spiro atoms. The van der Waals surface area contributed by atoms with Crippen LogP contribution in [-0.4, -0.2) is 26.2 Å². The molecule has 1 aromatic rings. The van der Waals surface area contributed by atoms with Crippen molar-refractivity contribution in [2.75, 3.05) is 6.26 Å². The molecule has 0 saturated carbocycles. The number of benzene rings is 1. The van der Waals surface area contributed by atoms with Crippen LogP contribution in [0, 0.1) is 0 Å². The molecule has 0 unspecified atom stereocenters. The molecule has 0 saturated heterocycles. The Kier molecular flexibility index (Phi) is 2.92. The van der Waals surface area contributed by atoms with Gasteiger partial charge in [0.1, 0.15) is 0 Å². The Bertz CT molecular complexity index is 641. The van der Waals surface area contributed by atoms with Crippen LogP contribution in [0.3, 0.4) is 0 Å². The van der Waals surface area contributed by atoms with Gasteiger partial charge in [0.2, 0.25) is 14.7 Å². The quantitative estimate of drug-likeness (QED) is 0.763. The van der Waals surface area contributed by atoms with Gasteiger partial charge in [0.05, 0.1) is 4.91 Å². The van der Waals surface area contributed by atoms with Crippen molar-refractivity contribution >= 4 is 31.2 Å². The lowest BCUT2D eigenvalue weighted by Gasteiger charge is -2.13. The molecule has 6 heteroatoms. The van der Waals surface area contributed by atoms with E-state index in [0.29, 0.717) is 16.4 Å². The smallest absolute Gasteiger partial charge is 0.203 e. The zero-order valence-electron chi connectivity index (χ0n) is 8.84. The van der Waals surface area contributed by atoms with Crippen LogP contribution in [0.4, 0.5) is 0 Å². The summed E-state index contributed by atoms with van der Waals surface area (Å²) in [6, 6.07) is 6.37. The van der Waals surface area contributed by atoms with Gasteiger partial charge in [-0.3, -0.25) is 9.59 Å². The molecule has 4 nitrogen and oxygen atoms in total. The van der Waals surface area contributed by atoms with E-state index in [2.05, 4.69) is 0 Å². The van der Waals surface area contributed by atoms with Crippen LogP contribution < -0.4 is 0 Å². The first-order valence-corrected chi connectivity index (χ1v) is 7.90. The number of fused-ring (bicyclic) bond motifs is 1. The molecule has 0 aliphatic heterocycles. The lowest BCUT2D eigenvalue weighted by Crippen LogP contribution is -2.16. The second-order valence-corrected chi connectivity index (χ2v) is 7.87. The van der Waals surface area contributed by atoms with E-state index >= 15 is 0 Å². The van der Waals surface area contributed by atoms with Crippen LogP contribution in [0.25, 0.3) is 0 Å². The summed E-state index contributed by atoms with van der Waals surface area (Å²) in [5.41, 5.74) is 0.571. The first kappa shape index (κ1) is 12.1. The average Bonchev–Trinajstić information content (AvgIpc) is 2.24. The summed E-state index contributed by atoms with van der Waals surface area (Å²) < 4.78 is 22.2. The molecule has 2 rings (SSSR count). The zero-order valence-corrected chi connectivity index (χ0v) is 10.5. The molecule has 1 aliphatic carbocycles. The monoisotopic (exact) mass is 268 g/mol. The Balaban J connectivity index is 2.49. The van der Waals surface area contributed by atoms with Crippen molar-refractivity contribution in [3.63, 3.8) is 0 Å². The van der Waals surface area contributed by atoms with Gasteiger partial charge in [-0.05, 0) is 0 Å². The third kappa shape index (κ3) is 2.48. The van der Waals surface area contributed by atoms with Crippen LogP contribution in [0.15, 0.2) is 35.2 Å². The number of rotatable bonds is 2. The number of hydrogen-bond acceptors (Lipinski definition) is 5. The lowest BCUT2D eigenvalue weighted by molar-refractivity contribution is 0.0991. The maximum atomic E-state index is 11.9. The number of carbonyl (C=O) groups excluding carboxylic acids is 2. The second-order valence-electron chi connectivity index (χ2n) is 3.54. The SMILES string of the molecule is CS(=O)(=O)SC1=CC(=O)c2ccccc2C1=O. The van der Waals surface area contributed by atoms with Crippen LogP contribution in [0.1, 0.15) is 20.7 Å². The highest BCUT2D eigenvalue weighted by molar-refractivity contribution is 8.73. The highest BCUT2D eigenvalue weighted by Gasteiger charge is 2.27. The molecule has 1 aromatic carbocycles. The molecular formula is C11H8O4S2. The van der Waals surface area contributed by atoms with E-state index in [1.54, 1.807) is 18.2 Å². The van der Waals surface area contributed by atoms with Gasteiger partial charge in [-0.15, -0.1) is 0 Å². The summed E-state index contributed by atoms with van der Waals surface area (Å²) in [6.45, 7) is 0. The second kappa shape index (κ2) is 4.12. The Morgan fingerprint density at radius 2 is 1.65 bits per heavy atom. The Morgan fingerprint density at radius 1 is 1.06 bits per heavy atom. The van der Waals surface area contributed by atoms with Gasteiger partial charge in [0.25, 0.3) is 0 Å². The van der Waals surface area contributed by atoms with Crippen LogP contribution in [0.2, 0.25) is 0 Å². The van der Waals surface area contributed by atoms with Crippen molar-refractivity contribution in [1.29, 1.82) is 0 Å². The molecule has 1 aliphatic rings. The van der Waals surface area contributed by atoms with E-state index in [-0.39, 0.29) is 16.3 Å². The summed E-state index contributed by atoms with van der Waals surface area (Å²) in [7, 11) is -2.99. The van der Waals surface area contributed by atoms with Gasteiger partial charge in [0, 0.05) is 34.3 Å². The predicted molar refractivity (Wildman–Crippen MR) is 65.6 cm³/mol. The molecule has 0 aromatic heterocycles. The molecule has 17 heavy (non-hydrogen) atoms. The normalized spacial score (nSPS) is 15.5.